The van der Waals surface area contributed by atoms with Gasteiger partial charge in [-0.25, -0.2) is 9.59 Å². The number of carbonyl (C=O) groups excluding carboxylic acids is 6. The highest BCUT2D eigenvalue weighted by molar-refractivity contribution is 6.89. The normalized spacial score (nSPS) is 20.5. The van der Waals surface area contributed by atoms with Crippen LogP contribution < -0.4 is 31.4 Å². The van der Waals surface area contributed by atoms with E-state index in [2.05, 4.69) is 94.7 Å². The van der Waals surface area contributed by atoms with E-state index in [1.165, 1.54) is 19.4 Å². The van der Waals surface area contributed by atoms with E-state index in [0.717, 1.165) is 35.7 Å². The average Bonchev–Trinajstić information content (AvgIpc) is 4.11. The average molecular weight is 924 g/mol. The zero-order valence-corrected chi connectivity index (χ0v) is 41.0. The second-order valence-electron chi connectivity index (χ2n) is 19.1. The van der Waals surface area contributed by atoms with Crippen molar-refractivity contribution in [2.24, 2.45) is 11.8 Å². The van der Waals surface area contributed by atoms with Gasteiger partial charge < -0.3 is 45.4 Å². The first-order chi connectivity index (χ1) is 31.5. The van der Waals surface area contributed by atoms with Gasteiger partial charge in [0.05, 0.1) is 26.3 Å². The minimum Gasteiger partial charge on any atom is -0.453 e. The molecule has 6 atom stereocenters. The maximum Gasteiger partial charge on any atom is 0.407 e. The number of hydrogen-bond acceptors (Lipinski definition) is 9. The van der Waals surface area contributed by atoms with Crippen LogP contribution in [0, 0.1) is 11.8 Å². The maximum absolute atomic E-state index is 13.7. The number of nitrogens with one attached hydrogen (secondary N) is 4. The predicted molar refractivity (Wildman–Crippen MR) is 259 cm³/mol. The van der Waals surface area contributed by atoms with Crippen LogP contribution in [-0.4, -0.2) is 105 Å². The summed E-state index contributed by atoms with van der Waals surface area (Å²) in [7, 11) is 0.936. The number of carbonyl (C=O) groups is 6. The summed E-state index contributed by atoms with van der Waals surface area (Å²) in [5.74, 6) is -1.54. The number of likely N-dealkylation sites (tertiary alicyclic amines) is 2. The first-order valence-corrected chi connectivity index (χ1v) is 26.7. The smallest absolute Gasteiger partial charge is 0.407 e. The third-order valence-electron chi connectivity index (χ3n) is 13.8. The summed E-state index contributed by atoms with van der Waals surface area (Å²) in [5, 5.41) is 12.8. The third-order valence-corrected chi connectivity index (χ3v) is 17.5. The van der Waals surface area contributed by atoms with Crippen molar-refractivity contribution in [2.45, 2.75) is 129 Å². The molecule has 3 aliphatic rings. The molecule has 6 amide bonds. The van der Waals surface area contributed by atoms with Crippen molar-refractivity contribution in [3.8, 4) is 0 Å². The Kier molecular flexibility index (Phi) is 16.2. The molecule has 3 fully saturated rings. The highest BCUT2D eigenvalue weighted by Crippen LogP contribution is 2.47. The third kappa shape index (κ3) is 11.2. The first-order valence-electron chi connectivity index (χ1n) is 23.5. The standard InChI is InChI=1S/C50H69N7O8Si/c1-10-66(8,9)38-25-23-37(24-26-38)57-39(33-15-19-35(20-16-33)51-45(58)41-13-11-29-55(41)47(60)43(31(2)3)53-49(62)64-6)27-28-40(57)34-17-21-36(22-18-34)52-46(59)42-14-12-30-56(42)48(61)44(32(4)5)54-50(63)65-7/h15-26,31-32,39-44H,10-14,27-30H2,1-9H3,(H,51,58)(H,52,59)(H,53,62)(H,54,63)/q-1/t39-,40-,41+,42+,43+,44+/m1/s1. The zero-order valence-electron chi connectivity index (χ0n) is 40.0. The van der Waals surface area contributed by atoms with Gasteiger partial charge in [-0.1, -0.05) is 71.0 Å². The molecule has 357 valence electrons. The number of ether oxygens (including phenoxy) is 2. The molecule has 3 aliphatic heterocycles. The molecule has 0 aliphatic carbocycles. The number of nitrogens with zero attached hydrogens (tertiary/aromatic N) is 3. The Hall–Kier alpha value is -5.90. The summed E-state index contributed by atoms with van der Waals surface area (Å²) in [6.45, 7) is 15.3. The monoisotopic (exact) mass is 923 g/mol. The number of alkyl carbamates (subject to hydrolysis) is 2. The summed E-state index contributed by atoms with van der Waals surface area (Å²) in [6, 6.07) is 23.3. The van der Waals surface area contributed by atoms with Gasteiger partial charge in [-0.15, -0.1) is 8.07 Å². The Balaban J connectivity index is 1.18. The van der Waals surface area contributed by atoms with Gasteiger partial charge >= 0.3 is 12.2 Å². The largest absolute Gasteiger partial charge is 0.453 e. The minimum atomic E-state index is -1.57. The molecular weight excluding hydrogens is 855 g/mol. The first kappa shape index (κ1) is 49.5. The Morgan fingerprint density at radius 2 is 1.00 bits per heavy atom. The van der Waals surface area contributed by atoms with Crippen molar-refractivity contribution >= 4 is 66.1 Å². The SMILES string of the molecule is CC[Si-](C)(C)c1ccc(N2[C@@H](c3ccc(NC(=O)[C@@H]4CCCN4C(=O)[C@@H](NC(=O)OC)C(C)C)cc3)CC[C@@H]2c2ccc(NC(=O)[C@@H]3CCCN3C(=O)[C@@H](NC(=O)OC)C(C)C)cc2)cc1. The lowest BCUT2D eigenvalue weighted by atomic mass is 10.0. The Labute approximate surface area is 390 Å². The van der Waals surface area contributed by atoms with Gasteiger partial charge in [0, 0.05) is 30.2 Å². The summed E-state index contributed by atoms with van der Waals surface area (Å²) < 4.78 is 9.50. The molecule has 0 spiro atoms. The fraction of sp³-hybridized carbons (Fsp3) is 0.520. The quantitative estimate of drug-likeness (QED) is 0.114. The van der Waals surface area contributed by atoms with Crippen LogP contribution in [0.2, 0.25) is 19.1 Å². The van der Waals surface area contributed by atoms with Gasteiger partial charge in [0.2, 0.25) is 23.6 Å². The van der Waals surface area contributed by atoms with Crippen molar-refractivity contribution < 1.29 is 38.2 Å². The molecule has 0 saturated carbocycles. The van der Waals surface area contributed by atoms with E-state index >= 15 is 0 Å². The number of methoxy groups -OCH3 is 2. The molecule has 0 bridgehead atoms. The van der Waals surface area contributed by atoms with Gasteiger partial charge in [-0.2, -0.15) is 24.3 Å². The van der Waals surface area contributed by atoms with Gasteiger partial charge in [0.1, 0.15) is 24.2 Å². The van der Waals surface area contributed by atoms with Crippen molar-refractivity contribution in [3.05, 3.63) is 83.9 Å². The second kappa shape index (κ2) is 21.6. The summed E-state index contributed by atoms with van der Waals surface area (Å²) >= 11 is 0. The van der Waals surface area contributed by atoms with Gasteiger partial charge in [0.15, 0.2) is 0 Å². The van der Waals surface area contributed by atoms with E-state index in [9.17, 15) is 28.8 Å². The Morgan fingerprint density at radius 3 is 1.35 bits per heavy atom. The van der Waals surface area contributed by atoms with E-state index in [-0.39, 0.29) is 47.5 Å². The number of hydrogen-bond donors (Lipinski definition) is 4. The zero-order chi connectivity index (χ0) is 47.9. The summed E-state index contributed by atoms with van der Waals surface area (Å²) in [6.07, 6.45) is 2.80. The lowest BCUT2D eigenvalue weighted by molar-refractivity contribution is -0.139. The number of benzene rings is 3. The van der Waals surface area contributed by atoms with E-state index in [1.807, 2.05) is 52.0 Å². The van der Waals surface area contributed by atoms with Crippen LogP contribution in [0.5, 0.6) is 0 Å². The van der Waals surface area contributed by atoms with Crippen LogP contribution >= 0.6 is 0 Å². The molecule has 0 aromatic heterocycles. The number of amides is 6. The minimum absolute atomic E-state index is 0.0360. The lowest BCUT2D eigenvalue weighted by Crippen LogP contribution is -2.54. The van der Waals surface area contributed by atoms with Gasteiger partial charge in [-0.3, -0.25) is 19.2 Å². The molecule has 3 aromatic rings. The van der Waals surface area contributed by atoms with Crippen molar-refractivity contribution in [3.63, 3.8) is 0 Å². The molecule has 3 saturated heterocycles. The van der Waals surface area contributed by atoms with Crippen LogP contribution in [0.4, 0.5) is 26.7 Å². The van der Waals surface area contributed by atoms with Crippen molar-refractivity contribution in [2.75, 3.05) is 42.8 Å². The fourth-order valence-electron chi connectivity index (χ4n) is 9.51. The topological polar surface area (TPSA) is 179 Å². The highest BCUT2D eigenvalue weighted by atomic mass is 28.3. The van der Waals surface area contributed by atoms with E-state index in [0.29, 0.717) is 50.1 Å². The lowest BCUT2D eigenvalue weighted by Gasteiger charge is -2.36. The second-order valence-corrected chi connectivity index (χ2v) is 24.2. The van der Waals surface area contributed by atoms with Crippen molar-refractivity contribution in [1.29, 1.82) is 0 Å². The Bertz CT molecular complexity index is 2080. The van der Waals surface area contributed by atoms with Crippen LogP contribution in [0.25, 0.3) is 0 Å². The molecular formula is C50H69N7O8Si-. The summed E-state index contributed by atoms with van der Waals surface area (Å²) in [4.78, 5) is 84.3. The molecule has 16 heteroatoms. The molecule has 3 heterocycles. The highest BCUT2D eigenvalue weighted by Gasteiger charge is 2.41. The fourth-order valence-corrected chi connectivity index (χ4v) is 11.0. The molecule has 6 rings (SSSR count). The molecule has 4 N–H and O–H groups in total. The molecule has 3 aromatic carbocycles. The molecule has 66 heavy (non-hydrogen) atoms. The van der Waals surface area contributed by atoms with Crippen LogP contribution in [0.15, 0.2) is 72.8 Å². The molecule has 0 radical (unpaired) electrons. The molecule has 15 nitrogen and oxygen atoms in total. The van der Waals surface area contributed by atoms with E-state index in [1.54, 1.807) is 9.80 Å². The molecule has 0 unspecified atom stereocenters. The predicted octanol–water partition coefficient (Wildman–Crippen LogP) is 7.32. The van der Waals surface area contributed by atoms with E-state index < -0.39 is 44.4 Å². The Morgan fingerprint density at radius 1 is 0.606 bits per heavy atom. The number of anilines is 3. The van der Waals surface area contributed by atoms with Gasteiger partial charge in [0.25, 0.3) is 0 Å². The van der Waals surface area contributed by atoms with Crippen molar-refractivity contribution in [1.82, 2.24) is 20.4 Å². The number of rotatable bonds is 15. The summed E-state index contributed by atoms with van der Waals surface area (Å²) in [5.41, 5.74) is 4.59. The van der Waals surface area contributed by atoms with E-state index in [4.69, 9.17) is 9.47 Å². The van der Waals surface area contributed by atoms with Crippen LogP contribution in [0.1, 0.15) is 96.4 Å². The van der Waals surface area contributed by atoms with Crippen LogP contribution in [-0.2, 0) is 28.7 Å². The van der Waals surface area contributed by atoms with Crippen LogP contribution in [0.3, 0.4) is 0 Å². The maximum atomic E-state index is 13.7. The van der Waals surface area contributed by atoms with Gasteiger partial charge in [-0.05, 0) is 97.9 Å².